The summed E-state index contributed by atoms with van der Waals surface area (Å²) in [6.07, 6.45) is 1.28. The van der Waals surface area contributed by atoms with Crippen LogP contribution in [0.15, 0.2) is 24.3 Å². The number of rotatable bonds is 7. The molecule has 0 fully saturated rings. The largest absolute Gasteiger partial charge is 0.491 e. The summed E-state index contributed by atoms with van der Waals surface area (Å²) < 4.78 is 5.59. The number of hydrogen-bond donors (Lipinski definition) is 2. The second-order valence-corrected chi connectivity index (χ2v) is 4.75. The smallest absolute Gasteiger partial charge is 0.119 e. The summed E-state index contributed by atoms with van der Waals surface area (Å²) in [5, 5.41) is 3.40. The molecule has 1 rings (SSSR count). The Balaban J connectivity index is 2.40. The fourth-order valence-electron chi connectivity index (χ4n) is 1.60. The maximum Gasteiger partial charge on any atom is 0.119 e. The summed E-state index contributed by atoms with van der Waals surface area (Å²) in [5.74, 6) is 1.52. The zero-order valence-electron chi connectivity index (χ0n) is 11.1. The second kappa shape index (κ2) is 7.17. The van der Waals surface area contributed by atoms with Gasteiger partial charge in [-0.3, -0.25) is 0 Å². The van der Waals surface area contributed by atoms with Crippen LogP contribution < -0.4 is 15.8 Å². The highest BCUT2D eigenvalue weighted by molar-refractivity contribution is 5.46. The van der Waals surface area contributed by atoms with Gasteiger partial charge in [0.25, 0.3) is 0 Å². The number of hydrogen-bond acceptors (Lipinski definition) is 3. The van der Waals surface area contributed by atoms with Gasteiger partial charge in [-0.05, 0) is 57.0 Å². The van der Waals surface area contributed by atoms with E-state index in [9.17, 15) is 0 Å². The molecule has 0 amide bonds. The molecule has 96 valence electrons. The molecule has 3 N–H and O–H groups in total. The summed E-state index contributed by atoms with van der Waals surface area (Å²) >= 11 is 0. The third kappa shape index (κ3) is 5.59. The molecule has 3 nitrogen and oxygen atoms in total. The van der Waals surface area contributed by atoms with Crippen molar-refractivity contribution >= 4 is 5.69 Å². The summed E-state index contributed by atoms with van der Waals surface area (Å²) in [6.45, 7) is 7.98. The Kier molecular flexibility index (Phi) is 5.84. The molecule has 0 aliphatic carbocycles. The van der Waals surface area contributed by atoms with E-state index in [0.29, 0.717) is 5.92 Å². The number of nitrogens with one attached hydrogen (secondary N) is 1. The average molecular weight is 236 g/mol. The molecular formula is C14H24N2O. The van der Waals surface area contributed by atoms with E-state index in [4.69, 9.17) is 10.5 Å². The van der Waals surface area contributed by atoms with Crippen molar-refractivity contribution in [3.63, 3.8) is 0 Å². The van der Waals surface area contributed by atoms with Gasteiger partial charge in [-0.2, -0.15) is 0 Å². The maximum absolute atomic E-state index is 5.59. The quantitative estimate of drug-likeness (QED) is 0.765. The molecule has 1 aromatic carbocycles. The van der Waals surface area contributed by atoms with Crippen LogP contribution in [0.1, 0.15) is 27.2 Å². The monoisotopic (exact) mass is 236 g/mol. The molecule has 1 unspecified atom stereocenters. The Bertz CT molecular complexity index is 309. The molecule has 0 saturated carbocycles. The van der Waals surface area contributed by atoms with Gasteiger partial charge in [0.15, 0.2) is 0 Å². The minimum absolute atomic E-state index is 0.221. The van der Waals surface area contributed by atoms with Crippen LogP contribution in [0.3, 0.4) is 0 Å². The first kappa shape index (κ1) is 13.8. The molecule has 0 saturated heterocycles. The van der Waals surface area contributed by atoms with Crippen molar-refractivity contribution in [1.82, 2.24) is 0 Å². The molecule has 0 aromatic heterocycles. The van der Waals surface area contributed by atoms with Crippen LogP contribution in [-0.2, 0) is 0 Å². The zero-order chi connectivity index (χ0) is 12.7. The van der Waals surface area contributed by atoms with Crippen molar-refractivity contribution in [3.05, 3.63) is 24.3 Å². The Morgan fingerprint density at radius 2 is 1.82 bits per heavy atom. The Hall–Kier alpha value is -1.22. The predicted molar refractivity (Wildman–Crippen MR) is 73.5 cm³/mol. The van der Waals surface area contributed by atoms with Crippen molar-refractivity contribution in [3.8, 4) is 5.75 Å². The van der Waals surface area contributed by atoms with Gasteiger partial charge >= 0.3 is 0 Å². The lowest BCUT2D eigenvalue weighted by molar-refractivity contribution is 0.242. The SMILES string of the molecule is CC(CCN)CNc1ccc(OC(C)C)cc1. The summed E-state index contributed by atoms with van der Waals surface area (Å²) in [7, 11) is 0. The highest BCUT2D eigenvalue weighted by atomic mass is 16.5. The van der Waals surface area contributed by atoms with Crippen LogP contribution in [0.5, 0.6) is 5.75 Å². The number of nitrogens with two attached hydrogens (primary N) is 1. The Labute approximate surface area is 104 Å². The van der Waals surface area contributed by atoms with Crippen molar-refractivity contribution in [1.29, 1.82) is 0 Å². The number of benzene rings is 1. The van der Waals surface area contributed by atoms with E-state index < -0.39 is 0 Å². The highest BCUT2D eigenvalue weighted by Gasteiger charge is 2.01. The zero-order valence-corrected chi connectivity index (χ0v) is 11.1. The van der Waals surface area contributed by atoms with E-state index >= 15 is 0 Å². The van der Waals surface area contributed by atoms with Crippen LogP contribution in [0.25, 0.3) is 0 Å². The molecule has 0 spiro atoms. The van der Waals surface area contributed by atoms with Crippen LogP contribution in [0.2, 0.25) is 0 Å². The first-order valence-corrected chi connectivity index (χ1v) is 6.32. The lowest BCUT2D eigenvalue weighted by atomic mass is 10.1. The van der Waals surface area contributed by atoms with Gasteiger partial charge in [-0.25, -0.2) is 0 Å². The average Bonchev–Trinajstić information content (AvgIpc) is 2.28. The van der Waals surface area contributed by atoms with Gasteiger partial charge in [-0.15, -0.1) is 0 Å². The third-order valence-electron chi connectivity index (χ3n) is 2.54. The Morgan fingerprint density at radius 3 is 2.35 bits per heavy atom. The van der Waals surface area contributed by atoms with E-state index in [-0.39, 0.29) is 6.10 Å². The minimum atomic E-state index is 0.221. The predicted octanol–water partition coefficient (Wildman–Crippen LogP) is 2.87. The maximum atomic E-state index is 5.59. The standard InChI is InChI=1S/C14H24N2O/c1-11(2)17-14-6-4-13(5-7-14)16-10-12(3)8-9-15/h4-7,11-12,16H,8-10,15H2,1-3H3. The summed E-state index contributed by atoms with van der Waals surface area (Å²) in [4.78, 5) is 0. The van der Waals surface area contributed by atoms with E-state index in [0.717, 1.165) is 30.9 Å². The van der Waals surface area contributed by atoms with E-state index in [1.165, 1.54) is 0 Å². The molecule has 0 radical (unpaired) electrons. The van der Waals surface area contributed by atoms with Crippen LogP contribution >= 0.6 is 0 Å². The molecule has 0 heterocycles. The van der Waals surface area contributed by atoms with Gasteiger partial charge in [0.2, 0.25) is 0 Å². The highest BCUT2D eigenvalue weighted by Crippen LogP contribution is 2.17. The lowest BCUT2D eigenvalue weighted by Crippen LogP contribution is -2.15. The molecular weight excluding hydrogens is 212 g/mol. The lowest BCUT2D eigenvalue weighted by Gasteiger charge is -2.13. The van der Waals surface area contributed by atoms with E-state index in [1.807, 2.05) is 38.1 Å². The number of ether oxygens (including phenoxy) is 1. The second-order valence-electron chi connectivity index (χ2n) is 4.75. The molecule has 0 aliphatic rings. The van der Waals surface area contributed by atoms with Gasteiger partial charge < -0.3 is 15.8 Å². The van der Waals surface area contributed by atoms with Crippen molar-refractivity contribution in [2.75, 3.05) is 18.4 Å². The normalized spacial score (nSPS) is 12.5. The molecule has 0 aliphatic heterocycles. The molecule has 3 heteroatoms. The first-order valence-electron chi connectivity index (χ1n) is 6.32. The molecule has 17 heavy (non-hydrogen) atoms. The van der Waals surface area contributed by atoms with Crippen molar-refractivity contribution in [2.24, 2.45) is 11.7 Å². The van der Waals surface area contributed by atoms with Crippen molar-refractivity contribution < 1.29 is 4.74 Å². The van der Waals surface area contributed by atoms with Gasteiger partial charge in [0, 0.05) is 12.2 Å². The van der Waals surface area contributed by atoms with Gasteiger partial charge in [-0.1, -0.05) is 6.92 Å². The summed E-state index contributed by atoms with van der Waals surface area (Å²) in [5.41, 5.74) is 6.65. The fraction of sp³-hybridized carbons (Fsp3) is 0.571. The topological polar surface area (TPSA) is 47.3 Å². The van der Waals surface area contributed by atoms with Gasteiger partial charge in [0.05, 0.1) is 6.10 Å². The fourth-order valence-corrected chi connectivity index (χ4v) is 1.60. The molecule has 0 bridgehead atoms. The molecule has 1 atom stereocenters. The van der Waals surface area contributed by atoms with Crippen molar-refractivity contribution in [2.45, 2.75) is 33.3 Å². The van der Waals surface area contributed by atoms with E-state index in [2.05, 4.69) is 12.2 Å². The van der Waals surface area contributed by atoms with Gasteiger partial charge in [0.1, 0.15) is 5.75 Å². The minimum Gasteiger partial charge on any atom is -0.491 e. The van der Waals surface area contributed by atoms with Crippen LogP contribution in [-0.4, -0.2) is 19.2 Å². The van der Waals surface area contributed by atoms with E-state index in [1.54, 1.807) is 0 Å². The summed E-state index contributed by atoms with van der Waals surface area (Å²) in [6, 6.07) is 8.09. The first-order chi connectivity index (χ1) is 8.11. The van der Waals surface area contributed by atoms with Crippen LogP contribution in [0, 0.1) is 5.92 Å². The third-order valence-corrected chi connectivity index (χ3v) is 2.54. The number of anilines is 1. The molecule has 1 aromatic rings. The Morgan fingerprint density at radius 1 is 1.18 bits per heavy atom. The van der Waals surface area contributed by atoms with Crippen LogP contribution in [0.4, 0.5) is 5.69 Å².